The number of piperazine rings is 1. The van der Waals surface area contributed by atoms with E-state index in [0.717, 1.165) is 32.0 Å². The molecule has 1 saturated heterocycles. The largest absolute Gasteiger partial charge is 0.388 e. The Bertz CT molecular complexity index is 361. The summed E-state index contributed by atoms with van der Waals surface area (Å²) in [4.78, 5) is 13.0. The zero-order chi connectivity index (χ0) is 12.3. The van der Waals surface area contributed by atoms with Crippen LogP contribution in [0.25, 0.3) is 0 Å². The average molecular weight is 236 g/mol. The first-order chi connectivity index (χ1) is 8.20. The Labute approximate surface area is 102 Å². The lowest BCUT2D eigenvalue weighted by molar-refractivity contribution is 0.209. The van der Waals surface area contributed by atoms with Gasteiger partial charge in [0, 0.05) is 38.4 Å². The van der Waals surface area contributed by atoms with Gasteiger partial charge in [-0.3, -0.25) is 4.90 Å². The molecule has 1 aliphatic heterocycles. The monoisotopic (exact) mass is 236 g/mol. The normalized spacial score (nSPS) is 17.8. The van der Waals surface area contributed by atoms with Crippen LogP contribution in [0, 0.1) is 0 Å². The molecule has 0 unspecified atom stereocenters. The highest BCUT2D eigenvalue weighted by molar-refractivity contribution is 5.38. The number of nitrogens with zero attached hydrogens (tertiary/aromatic N) is 4. The third-order valence-electron chi connectivity index (χ3n) is 3.20. The molecule has 1 aromatic rings. The van der Waals surface area contributed by atoms with Gasteiger partial charge in [-0.05, 0) is 19.9 Å². The van der Waals surface area contributed by atoms with Crippen LogP contribution in [-0.2, 0) is 6.61 Å². The molecule has 1 aromatic heterocycles. The van der Waals surface area contributed by atoms with E-state index in [1.165, 1.54) is 0 Å². The van der Waals surface area contributed by atoms with Crippen molar-refractivity contribution in [1.29, 1.82) is 0 Å². The molecule has 5 heteroatoms. The highest BCUT2D eigenvalue weighted by atomic mass is 16.3. The van der Waals surface area contributed by atoms with E-state index in [9.17, 15) is 0 Å². The third-order valence-corrected chi connectivity index (χ3v) is 3.20. The van der Waals surface area contributed by atoms with E-state index in [4.69, 9.17) is 5.11 Å². The van der Waals surface area contributed by atoms with E-state index < -0.39 is 0 Å². The number of hydrogen-bond acceptors (Lipinski definition) is 5. The van der Waals surface area contributed by atoms with Crippen molar-refractivity contribution in [3.63, 3.8) is 0 Å². The van der Waals surface area contributed by atoms with E-state index in [1.807, 2.05) is 6.07 Å². The van der Waals surface area contributed by atoms with Crippen LogP contribution in [0.5, 0.6) is 0 Å². The molecule has 0 atom stereocenters. The fourth-order valence-electron chi connectivity index (χ4n) is 2.11. The summed E-state index contributed by atoms with van der Waals surface area (Å²) in [5, 5.41) is 9.02. The van der Waals surface area contributed by atoms with Crippen molar-refractivity contribution in [2.45, 2.75) is 26.5 Å². The summed E-state index contributed by atoms with van der Waals surface area (Å²) < 4.78 is 0. The first-order valence-corrected chi connectivity index (χ1v) is 6.12. The maximum atomic E-state index is 9.02. The number of aromatic nitrogens is 2. The van der Waals surface area contributed by atoms with E-state index in [2.05, 4.69) is 33.6 Å². The molecule has 2 heterocycles. The van der Waals surface area contributed by atoms with E-state index in [-0.39, 0.29) is 6.61 Å². The van der Waals surface area contributed by atoms with E-state index in [0.29, 0.717) is 11.9 Å². The van der Waals surface area contributed by atoms with Crippen LogP contribution in [0.1, 0.15) is 19.7 Å². The molecular weight excluding hydrogens is 216 g/mol. The summed E-state index contributed by atoms with van der Waals surface area (Å²) >= 11 is 0. The van der Waals surface area contributed by atoms with Crippen molar-refractivity contribution in [2.24, 2.45) is 0 Å². The van der Waals surface area contributed by atoms with E-state index >= 15 is 0 Å². The zero-order valence-electron chi connectivity index (χ0n) is 10.5. The van der Waals surface area contributed by atoms with Gasteiger partial charge < -0.3 is 10.0 Å². The predicted molar refractivity (Wildman–Crippen MR) is 66.9 cm³/mol. The van der Waals surface area contributed by atoms with Crippen molar-refractivity contribution >= 4 is 5.82 Å². The van der Waals surface area contributed by atoms with Crippen molar-refractivity contribution < 1.29 is 5.11 Å². The molecule has 17 heavy (non-hydrogen) atoms. The molecule has 1 fully saturated rings. The van der Waals surface area contributed by atoms with Crippen molar-refractivity contribution in [3.05, 3.63) is 18.1 Å². The van der Waals surface area contributed by atoms with Crippen LogP contribution in [0.15, 0.2) is 12.3 Å². The number of hydrogen-bond donors (Lipinski definition) is 1. The summed E-state index contributed by atoms with van der Waals surface area (Å²) in [7, 11) is 0. The Hall–Kier alpha value is -1.20. The molecule has 0 radical (unpaired) electrons. The minimum atomic E-state index is -0.0974. The van der Waals surface area contributed by atoms with Gasteiger partial charge in [0.25, 0.3) is 0 Å². The summed E-state index contributed by atoms with van der Waals surface area (Å²) in [5.41, 5.74) is 0. The second kappa shape index (κ2) is 5.42. The molecule has 0 spiro atoms. The fraction of sp³-hybridized carbons (Fsp3) is 0.667. The van der Waals surface area contributed by atoms with Gasteiger partial charge in [-0.15, -0.1) is 0 Å². The van der Waals surface area contributed by atoms with Gasteiger partial charge in [0.05, 0.1) is 0 Å². The molecule has 5 nitrogen and oxygen atoms in total. The van der Waals surface area contributed by atoms with Crippen LogP contribution >= 0.6 is 0 Å². The number of rotatable bonds is 3. The molecule has 0 saturated carbocycles. The Morgan fingerprint density at radius 1 is 1.29 bits per heavy atom. The zero-order valence-corrected chi connectivity index (χ0v) is 10.5. The van der Waals surface area contributed by atoms with Gasteiger partial charge in [0.2, 0.25) is 0 Å². The van der Waals surface area contributed by atoms with Gasteiger partial charge in [0.1, 0.15) is 12.4 Å². The maximum absolute atomic E-state index is 9.02. The Morgan fingerprint density at radius 3 is 2.59 bits per heavy atom. The fourth-order valence-corrected chi connectivity index (χ4v) is 2.11. The number of anilines is 1. The van der Waals surface area contributed by atoms with E-state index in [1.54, 1.807) is 6.20 Å². The van der Waals surface area contributed by atoms with Crippen LogP contribution < -0.4 is 4.90 Å². The number of aliphatic hydroxyl groups excluding tert-OH is 1. The molecular formula is C12H20N4O. The topological polar surface area (TPSA) is 52.5 Å². The first kappa shape index (κ1) is 12.3. The third kappa shape index (κ3) is 2.92. The lowest BCUT2D eigenvalue weighted by Crippen LogP contribution is -2.49. The second-order valence-corrected chi connectivity index (χ2v) is 4.61. The molecule has 94 valence electrons. The molecule has 0 bridgehead atoms. The second-order valence-electron chi connectivity index (χ2n) is 4.61. The summed E-state index contributed by atoms with van der Waals surface area (Å²) in [6.07, 6.45) is 1.71. The van der Waals surface area contributed by atoms with Crippen LogP contribution in [0.4, 0.5) is 5.82 Å². The highest BCUT2D eigenvalue weighted by Gasteiger charge is 2.19. The molecule has 0 aromatic carbocycles. The number of aliphatic hydroxyl groups is 1. The van der Waals surface area contributed by atoms with Crippen LogP contribution in [-0.4, -0.2) is 52.2 Å². The minimum absolute atomic E-state index is 0.0974. The quantitative estimate of drug-likeness (QED) is 0.828. The van der Waals surface area contributed by atoms with Gasteiger partial charge >= 0.3 is 0 Å². The van der Waals surface area contributed by atoms with Crippen molar-refractivity contribution in [3.8, 4) is 0 Å². The Kier molecular flexibility index (Phi) is 3.91. The predicted octanol–water partition coefficient (Wildman–Crippen LogP) is 0.499. The maximum Gasteiger partial charge on any atom is 0.156 e. The minimum Gasteiger partial charge on any atom is -0.388 e. The van der Waals surface area contributed by atoms with Crippen molar-refractivity contribution in [2.75, 3.05) is 31.1 Å². The highest BCUT2D eigenvalue weighted by Crippen LogP contribution is 2.14. The summed E-state index contributed by atoms with van der Waals surface area (Å²) in [5.74, 6) is 1.42. The van der Waals surface area contributed by atoms with Gasteiger partial charge in [-0.1, -0.05) is 0 Å². The van der Waals surface area contributed by atoms with Crippen molar-refractivity contribution in [1.82, 2.24) is 14.9 Å². The molecule has 0 aliphatic carbocycles. The Balaban J connectivity index is 2.00. The molecule has 0 amide bonds. The lowest BCUT2D eigenvalue weighted by Gasteiger charge is -2.37. The summed E-state index contributed by atoms with van der Waals surface area (Å²) in [6, 6.07) is 2.51. The van der Waals surface area contributed by atoms with Gasteiger partial charge in [0.15, 0.2) is 5.82 Å². The average Bonchev–Trinajstić information content (AvgIpc) is 2.39. The van der Waals surface area contributed by atoms with Gasteiger partial charge in [-0.2, -0.15) is 0 Å². The first-order valence-electron chi connectivity index (χ1n) is 6.12. The lowest BCUT2D eigenvalue weighted by atomic mass is 10.2. The van der Waals surface area contributed by atoms with Crippen LogP contribution in [0.2, 0.25) is 0 Å². The Morgan fingerprint density at radius 2 is 2.00 bits per heavy atom. The van der Waals surface area contributed by atoms with Crippen LogP contribution in [0.3, 0.4) is 0 Å². The molecule has 2 rings (SSSR count). The standard InChI is InChI=1S/C12H20N4O/c1-10(2)15-5-7-16(8-6-15)12-3-4-13-11(9-17)14-12/h3-4,10,17H,5-9H2,1-2H3. The smallest absolute Gasteiger partial charge is 0.156 e. The SMILES string of the molecule is CC(C)N1CCN(c2ccnc(CO)n2)CC1. The molecule has 1 N–H and O–H groups in total. The molecule has 1 aliphatic rings. The summed E-state index contributed by atoms with van der Waals surface area (Å²) in [6.45, 7) is 8.46. The van der Waals surface area contributed by atoms with Gasteiger partial charge in [-0.25, -0.2) is 9.97 Å².